The fourth-order valence-electron chi connectivity index (χ4n) is 2.99. The van der Waals surface area contributed by atoms with Crippen LogP contribution in [0.15, 0.2) is 83.8 Å². The Bertz CT molecular complexity index is 1180. The van der Waals surface area contributed by atoms with Gasteiger partial charge in [-0.1, -0.05) is 42.5 Å². The van der Waals surface area contributed by atoms with Crippen molar-refractivity contribution >= 4 is 33.2 Å². The van der Waals surface area contributed by atoms with Crippen LogP contribution in [0.2, 0.25) is 0 Å². The monoisotopic (exact) mass is 437 g/mol. The summed E-state index contributed by atoms with van der Waals surface area (Å²) >= 11 is 0. The zero-order valence-corrected chi connectivity index (χ0v) is 17.9. The van der Waals surface area contributed by atoms with Gasteiger partial charge >= 0.3 is 0 Å². The molecule has 0 aromatic heterocycles. The lowest BCUT2D eigenvalue weighted by Gasteiger charge is -2.17. The van der Waals surface area contributed by atoms with Crippen LogP contribution in [0, 0.1) is 0 Å². The third-order valence-corrected chi connectivity index (χ3v) is 5.93. The maximum atomic E-state index is 12.8. The van der Waals surface area contributed by atoms with E-state index in [0.29, 0.717) is 5.69 Å². The summed E-state index contributed by atoms with van der Waals surface area (Å²) in [5.41, 5.74) is 1.81. The summed E-state index contributed by atoms with van der Waals surface area (Å²) in [5, 5.41) is 5.47. The molecule has 7 nitrogen and oxygen atoms in total. The summed E-state index contributed by atoms with van der Waals surface area (Å²) in [6.07, 6.45) is 0. The summed E-state index contributed by atoms with van der Waals surface area (Å²) < 4.78 is 28.1. The first-order valence-electron chi connectivity index (χ1n) is 9.61. The van der Waals surface area contributed by atoms with E-state index in [4.69, 9.17) is 0 Å². The van der Waals surface area contributed by atoms with Crippen LogP contribution < -0.4 is 15.4 Å². The molecule has 2 amide bonds. The number of sulfonamides is 1. The van der Waals surface area contributed by atoms with Crippen molar-refractivity contribution in [3.8, 4) is 0 Å². The molecule has 3 aromatic carbocycles. The first kappa shape index (κ1) is 22.0. The van der Waals surface area contributed by atoms with Crippen molar-refractivity contribution in [1.82, 2.24) is 5.32 Å². The highest BCUT2D eigenvalue weighted by atomic mass is 32.2. The molecular formula is C23H23N3O4S. The molecule has 0 bridgehead atoms. The summed E-state index contributed by atoms with van der Waals surface area (Å²) in [6, 6.07) is 21.4. The number of hydrogen-bond donors (Lipinski definition) is 3. The van der Waals surface area contributed by atoms with E-state index in [1.54, 1.807) is 18.2 Å². The van der Waals surface area contributed by atoms with Gasteiger partial charge in [0.1, 0.15) is 0 Å². The molecule has 0 saturated heterocycles. The van der Waals surface area contributed by atoms with Crippen LogP contribution in [0.5, 0.6) is 0 Å². The van der Waals surface area contributed by atoms with E-state index in [2.05, 4.69) is 15.4 Å². The number of nitrogens with one attached hydrogen (secondary N) is 3. The Morgan fingerprint density at radius 2 is 1.45 bits per heavy atom. The minimum absolute atomic E-state index is 0.00877. The lowest BCUT2D eigenvalue weighted by molar-refractivity contribution is -0.114. The van der Waals surface area contributed by atoms with E-state index in [1.165, 1.54) is 37.3 Å². The Hall–Kier alpha value is -3.65. The van der Waals surface area contributed by atoms with Crippen LogP contribution in [0.25, 0.3) is 0 Å². The molecule has 3 aromatic rings. The number of carbonyl (C=O) groups is 2. The molecular weight excluding hydrogens is 414 g/mol. The first-order chi connectivity index (χ1) is 14.8. The predicted octanol–water partition coefficient (Wildman–Crippen LogP) is 3.94. The topological polar surface area (TPSA) is 104 Å². The molecule has 1 unspecified atom stereocenters. The molecule has 0 spiro atoms. The van der Waals surface area contributed by atoms with Gasteiger partial charge in [-0.2, -0.15) is 0 Å². The number of carbonyl (C=O) groups excluding carboxylic acids is 2. The Morgan fingerprint density at radius 1 is 0.839 bits per heavy atom. The highest BCUT2D eigenvalue weighted by Crippen LogP contribution is 2.22. The van der Waals surface area contributed by atoms with Gasteiger partial charge in [0.15, 0.2) is 0 Å². The summed E-state index contributed by atoms with van der Waals surface area (Å²) in [4.78, 5) is 24.0. The molecule has 31 heavy (non-hydrogen) atoms. The van der Waals surface area contributed by atoms with E-state index in [9.17, 15) is 18.0 Å². The average molecular weight is 438 g/mol. The van der Waals surface area contributed by atoms with Gasteiger partial charge < -0.3 is 10.6 Å². The van der Waals surface area contributed by atoms with Crippen molar-refractivity contribution in [2.75, 3.05) is 10.0 Å². The van der Waals surface area contributed by atoms with Crippen molar-refractivity contribution in [1.29, 1.82) is 0 Å². The number of rotatable bonds is 7. The normalized spacial score (nSPS) is 11.9. The number of anilines is 2. The van der Waals surface area contributed by atoms with E-state index in [1.807, 2.05) is 37.3 Å². The van der Waals surface area contributed by atoms with E-state index < -0.39 is 15.9 Å². The fourth-order valence-corrected chi connectivity index (χ4v) is 4.07. The molecule has 0 radical (unpaired) electrons. The molecule has 0 aliphatic carbocycles. The third-order valence-electron chi connectivity index (χ3n) is 4.55. The maximum absolute atomic E-state index is 12.8. The lowest BCUT2D eigenvalue weighted by atomic mass is 10.1. The first-order valence-corrected chi connectivity index (χ1v) is 11.1. The molecule has 0 heterocycles. The van der Waals surface area contributed by atoms with Crippen LogP contribution in [0.1, 0.15) is 35.8 Å². The zero-order chi connectivity index (χ0) is 22.4. The van der Waals surface area contributed by atoms with Crippen LogP contribution >= 0.6 is 0 Å². The Kier molecular flexibility index (Phi) is 6.71. The summed E-state index contributed by atoms with van der Waals surface area (Å²) in [5.74, 6) is -0.644. The molecule has 0 aliphatic heterocycles. The second kappa shape index (κ2) is 9.44. The highest BCUT2D eigenvalue weighted by Gasteiger charge is 2.20. The zero-order valence-electron chi connectivity index (χ0n) is 17.1. The standard InChI is InChI=1S/C23H23N3O4S/c1-16(18-8-4-3-5-9-18)24-23(28)21-10-6-7-11-22(21)26-31(29,30)20-14-12-19(13-15-20)25-17(2)27/h3-16,26H,1-2H3,(H,24,28)(H,25,27). The van der Waals surface area contributed by atoms with Gasteiger partial charge in [0, 0.05) is 12.6 Å². The Labute approximate surface area is 181 Å². The summed E-state index contributed by atoms with van der Waals surface area (Å²) in [7, 11) is -3.94. The minimum Gasteiger partial charge on any atom is -0.345 e. The van der Waals surface area contributed by atoms with Crippen molar-refractivity contribution in [3.05, 3.63) is 90.0 Å². The molecule has 160 valence electrons. The van der Waals surface area contributed by atoms with Crippen molar-refractivity contribution < 1.29 is 18.0 Å². The molecule has 0 fully saturated rings. The summed E-state index contributed by atoms with van der Waals surface area (Å²) in [6.45, 7) is 3.23. The molecule has 1 atom stereocenters. The minimum atomic E-state index is -3.94. The lowest BCUT2D eigenvalue weighted by Crippen LogP contribution is -2.28. The molecule has 8 heteroatoms. The Balaban J connectivity index is 1.79. The molecule has 3 rings (SSSR count). The van der Waals surface area contributed by atoms with Crippen molar-refractivity contribution in [3.63, 3.8) is 0 Å². The van der Waals surface area contributed by atoms with Crippen LogP contribution in [-0.2, 0) is 14.8 Å². The SMILES string of the molecule is CC(=O)Nc1ccc(S(=O)(=O)Nc2ccccc2C(=O)NC(C)c2ccccc2)cc1. The van der Waals surface area contributed by atoms with Gasteiger partial charge in [0.25, 0.3) is 15.9 Å². The van der Waals surface area contributed by atoms with Gasteiger partial charge in [-0.05, 0) is 48.9 Å². The third kappa shape index (κ3) is 5.70. The number of benzene rings is 3. The van der Waals surface area contributed by atoms with Gasteiger partial charge in [0.05, 0.1) is 22.2 Å². The predicted molar refractivity (Wildman–Crippen MR) is 120 cm³/mol. The fraction of sp³-hybridized carbons (Fsp3) is 0.130. The van der Waals surface area contributed by atoms with E-state index >= 15 is 0 Å². The largest absolute Gasteiger partial charge is 0.345 e. The quantitative estimate of drug-likeness (QED) is 0.521. The smallest absolute Gasteiger partial charge is 0.261 e. The second-order valence-corrected chi connectivity index (χ2v) is 8.64. The maximum Gasteiger partial charge on any atom is 0.261 e. The van der Waals surface area contributed by atoms with Crippen molar-refractivity contribution in [2.24, 2.45) is 0 Å². The van der Waals surface area contributed by atoms with Crippen LogP contribution in [0.4, 0.5) is 11.4 Å². The number of amides is 2. The molecule has 3 N–H and O–H groups in total. The highest BCUT2D eigenvalue weighted by molar-refractivity contribution is 7.92. The Morgan fingerprint density at radius 3 is 2.10 bits per heavy atom. The van der Waals surface area contributed by atoms with Crippen LogP contribution in [-0.4, -0.2) is 20.2 Å². The van der Waals surface area contributed by atoms with Crippen molar-refractivity contribution in [2.45, 2.75) is 24.8 Å². The average Bonchev–Trinajstić information content (AvgIpc) is 2.74. The molecule has 0 saturated carbocycles. The number of para-hydroxylation sites is 1. The molecule has 0 aliphatic rings. The van der Waals surface area contributed by atoms with Gasteiger partial charge in [-0.25, -0.2) is 8.42 Å². The van der Waals surface area contributed by atoms with E-state index in [0.717, 1.165) is 5.56 Å². The number of hydrogen-bond acceptors (Lipinski definition) is 4. The van der Waals surface area contributed by atoms with Crippen LogP contribution in [0.3, 0.4) is 0 Å². The van der Waals surface area contributed by atoms with E-state index in [-0.39, 0.29) is 28.1 Å². The van der Waals surface area contributed by atoms with Gasteiger partial charge in [-0.15, -0.1) is 0 Å². The second-order valence-electron chi connectivity index (χ2n) is 6.96. The van der Waals surface area contributed by atoms with Gasteiger partial charge in [-0.3, -0.25) is 14.3 Å². The van der Waals surface area contributed by atoms with Gasteiger partial charge in [0.2, 0.25) is 5.91 Å².